The van der Waals surface area contributed by atoms with Crippen molar-refractivity contribution in [1.82, 2.24) is 9.66 Å². The predicted molar refractivity (Wildman–Crippen MR) is 159 cm³/mol. The fraction of sp³-hybridized carbons (Fsp3) is 0.241. The number of halogens is 5. The van der Waals surface area contributed by atoms with Gasteiger partial charge in [0.15, 0.2) is 23.4 Å². The Morgan fingerprint density at radius 2 is 1.81 bits per heavy atom. The third-order valence-electron chi connectivity index (χ3n) is 5.88. The van der Waals surface area contributed by atoms with Crippen LogP contribution in [0.1, 0.15) is 31.9 Å². The maximum absolute atomic E-state index is 13.5. The van der Waals surface area contributed by atoms with E-state index >= 15 is 0 Å². The largest absolute Gasteiger partial charge is 0.490 e. The average molecular weight is 711 g/mol. The molecule has 1 heterocycles. The van der Waals surface area contributed by atoms with Crippen LogP contribution >= 0.6 is 31.9 Å². The molecule has 1 atom stereocenters. The van der Waals surface area contributed by atoms with Crippen molar-refractivity contribution in [2.24, 2.45) is 5.10 Å². The second-order valence-electron chi connectivity index (χ2n) is 8.76. The summed E-state index contributed by atoms with van der Waals surface area (Å²) in [5, 5.41) is 4.59. The molecule has 220 valence electrons. The molecule has 1 aromatic heterocycles. The van der Waals surface area contributed by atoms with Gasteiger partial charge >= 0.3 is 12.1 Å². The van der Waals surface area contributed by atoms with Gasteiger partial charge in [-0.1, -0.05) is 24.3 Å². The molecule has 0 radical (unpaired) electrons. The van der Waals surface area contributed by atoms with Crippen LogP contribution in [0.15, 0.2) is 73.4 Å². The van der Waals surface area contributed by atoms with E-state index in [-0.39, 0.29) is 41.5 Å². The van der Waals surface area contributed by atoms with Crippen LogP contribution in [0.5, 0.6) is 11.5 Å². The van der Waals surface area contributed by atoms with E-state index in [9.17, 15) is 22.8 Å². The number of hydrogen-bond donors (Lipinski definition) is 0. The Balaban J connectivity index is 1.86. The first-order valence-corrected chi connectivity index (χ1v) is 14.3. The van der Waals surface area contributed by atoms with E-state index in [0.717, 1.165) is 16.8 Å². The third kappa shape index (κ3) is 6.67. The fourth-order valence-corrected chi connectivity index (χ4v) is 4.84. The molecule has 0 saturated carbocycles. The number of alkyl halides is 3. The van der Waals surface area contributed by atoms with Crippen LogP contribution in [0.2, 0.25) is 0 Å². The monoisotopic (exact) mass is 709 g/mol. The highest BCUT2D eigenvalue weighted by molar-refractivity contribution is 9.13. The lowest BCUT2D eigenvalue weighted by atomic mass is 10.1. The van der Waals surface area contributed by atoms with Gasteiger partial charge in [0.1, 0.15) is 0 Å². The van der Waals surface area contributed by atoms with Crippen molar-refractivity contribution in [2.45, 2.75) is 33.1 Å². The summed E-state index contributed by atoms with van der Waals surface area (Å²) in [7, 11) is 0. The number of rotatable bonds is 9. The van der Waals surface area contributed by atoms with E-state index in [1.165, 1.54) is 25.3 Å². The summed E-state index contributed by atoms with van der Waals surface area (Å²) in [6.45, 7) is 5.45. The molecular formula is C29H24Br2F3N3O5. The van der Waals surface area contributed by atoms with Gasteiger partial charge in [0.2, 0.25) is 0 Å². The van der Waals surface area contributed by atoms with E-state index in [0.29, 0.717) is 20.0 Å². The minimum Gasteiger partial charge on any atom is -0.490 e. The topological polar surface area (TPSA) is 92.0 Å². The number of para-hydroxylation sites is 1. The zero-order chi connectivity index (χ0) is 30.6. The standard InChI is InChI=1S/C29H24Br2F3N3O5/c1-4-40-22-14-18(23(30)24(31)25(22)42-16(3)28(39)41-5-2)15-35-37-26(17-9-8-10-19(13-17)29(32,33)34)36-21-12-7-6-11-20(21)27(37)38/h6-16H,4-5H2,1-3H3/t16-/m0/s1. The van der Waals surface area contributed by atoms with Crippen LogP contribution in [0.3, 0.4) is 0 Å². The molecule has 0 aliphatic rings. The molecule has 4 aromatic rings. The maximum atomic E-state index is 13.5. The summed E-state index contributed by atoms with van der Waals surface area (Å²) in [5.41, 5.74) is -0.680. The highest BCUT2D eigenvalue weighted by Gasteiger charge is 2.31. The van der Waals surface area contributed by atoms with Crippen molar-refractivity contribution >= 4 is 54.9 Å². The third-order valence-corrected chi connectivity index (χ3v) is 8.03. The Morgan fingerprint density at radius 3 is 2.50 bits per heavy atom. The Bertz CT molecular complexity index is 1720. The van der Waals surface area contributed by atoms with Crippen LogP contribution in [0.4, 0.5) is 13.2 Å². The summed E-state index contributed by atoms with van der Waals surface area (Å²) in [6, 6.07) is 12.6. The first-order valence-electron chi connectivity index (χ1n) is 12.7. The number of ether oxygens (including phenoxy) is 3. The molecule has 0 aliphatic carbocycles. The minimum absolute atomic E-state index is 0.0526. The van der Waals surface area contributed by atoms with Crippen LogP contribution in [-0.4, -0.2) is 41.2 Å². The van der Waals surface area contributed by atoms with Gasteiger partial charge in [0.25, 0.3) is 5.56 Å². The summed E-state index contributed by atoms with van der Waals surface area (Å²) >= 11 is 6.95. The molecule has 3 aromatic carbocycles. The minimum atomic E-state index is -4.59. The molecule has 0 saturated heterocycles. The van der Waals surface area contributed by atoms with Crippen molar-refractivity contribution in [2.75, 3.05) is 13.2 Å². The number of nitrogens with zero attached hydrogens (tertiary/aromatic N) is 3. The molecule has 0 spiro atoms. The number of benzene rings is 3. The molecule has 13 heteroatoms. The predicted octanol–water partition coefficient (Wildman–Crippen LogP) is 7.22. The van der Waals surface area contributed by atoms with Gasteiger partial charge in [-0.2, -0.15) is 22.9 Å². The van der Waals surface area contributed by atoms with Crippen molar-refractivity contribution < 1.29 is 32.2 Å². The summed E-state index contributed by atoms with van der Waals surface area (Å²) in [6.07, 6.45) is -4.20. The average Bonchev–Trinajstić information content (AvgIpc) is 2.96. The Kier molecular flexibility index (Phi) is 9.72. The highest BCUT2D eigenvalue weighted by Crippen LogP contribution is 2.43. The van der Waals surface area contributed by atoms with Gasteiger partial charge in [0.05, 0.1) is 40.4 Å². The van der Waals surface area contributed by atoms with Gasteiger partial charge in [-0.3, -0.25) is 4.79 Å². The molecule has 8 nitrogen and oxygen atoms in total. The zero-order valence-electron chi connectivity index (χ0n) is 22.5. The first kappa shape index (κ1) is 31.2. The Morgan fingerprint density at radius 1 is 1.07 bits per heavy atom. The van der Waals surface area contributed by atoms with Crippen LogP contribution < -0.4 is 15.0 Å². The van der Waals surface area contributed by atoms with Crippen LogP contribution in [0.25, 0.3) is 22.3 Å². The van der Waals surface area contributed by atoms with Gasteiger partial charge in [-0.05, 0) is 83.0 Å². The number of fused-ring (bicyclic) bond motifs is 1. The van der Waals surface area contributed by atoms with Crippen LogP contribution in [-0.2, 0) is 15.7 Å². The van der Waals surface area contributed by atoms with E-state index in [1.54, 1.807) is 44.2 Å². The number of hydrogen-bond acceptors (Lipinski definition) is 7. The van der Waals surface area contributed by atoms with E-state index < -0.39 is 29.4 Å². The normalized spacial score (nSPS) is 12.5. The van der Waals surface area contributed by atoms with E-state index in [4.69, 9.17) is 14.2 Å². The zero-order valence-corrected chi connectivity index (χ0v) is 25.7. The molecule has 0 amide bonds. The fourth-order valence-electron chi connectivity index (χ4n) is 3.93. The van der Waals surface area contributed by atoms with Crippen LogP contribution in [0, 0.1) is 0 Å². The molecule has 42 heavy (non-hydrogen) atoms. The van der Waals surface area contributed by atoms with Gasteiger partial charge in [-0.15, -0.1) is 0 Å². The van der Waals surface area contributed by atoms with Crippen molar-refractivity contribution in [3.63, 3.8) is 0 Å². The lowest BCUT2D eigenvalue weighted by molar-refractivity contribution is -0.150. The van der Waals surface area contributed by atoms with Crippen molar-refractivity contribution in [3.05, 3.63) is 85.0 Å². The summed E-state index contributed by atoms with van der Waals surface area (Å²) < 4.78 is 58.9. The molecule has 0 aliphatic heterocycles. The quantitative estimate of drug-likeness (QED) is 0.135. The maximum Gasteiger partial charge on any atom is 0.416 e. The van der Waals surface area contributed by atoms with Gasteiger partial charge in [0, 0.05) is 15.6 Å². The SMILES string of the molecule is CCOC(=O)[C@H](C)Oc1c(OCC)cc(C=Nn2c(-c3cccc(C(F)(F)F)c3)nc3ccccc3c2=O)c(Br)c1Br. The molecule has 0 N–H and O–H groups in total. The lowest BCUT2D eigenvalue weighted by Gasteiger charge is -2.19. The molecule has 0 fully saturated rings. The Hall–Kier alpha value is -3.71. The van der Waals surface area contributed by atoms with Crippen molar-refractivity contribution in [1.29, 1.82) is 0 Å². The number of carbonyl (C=O) groups is 1. The molecular weight excluding hydrogens is 687 g/mol. The van der Waals surface area contributed by atoms with E-state index in [1.807, 2.05) is 0 Å². The van der Waals surface area contributed by atoms with E-state index in [2.05, 4.69) is 41.9 Å². The van der Waals surface area contributed by atoms with Crippen molar-refractivity contribution in [3.8, 4) is 22.9 Å². The number of esters is 1. The number of aromatic nitrogens is 2. The molecule has 0 unspecified atom stereocenters. The van der Waals surface area contributed by atoms with Gasteiger partial charge in [-0.25, -0.2) is 9.78 Å². The smallest absolute Gasteiger partial charge is 0.416 e. The van der Waals surface area contributed by atoms with Gasteiger partial charge < -0.3 is 14.2 Å². The lowest BCUT2D eigenvalue weighted by Crippen LogP contribution is -2.26. The molecule has 0 bridgehead atoms. The second-order valence-corrected chi connectivity index (χ2v) is 10.3. The first-order chi connectivity index (χ1) is 20.0. The second kappa shape index (κ2) is 13.1. The Labute approximate surface area is 255 Å². The molecule has 4 rings (SSSR count). The number of carbonyl (C=O) groups excluding carboxylic acids is 1. The summed E-state index contributed by atoms with van der Waals surface area (Å²) in [5.74, 6) is -0.133. The summed E-state index contributed by atoms with van der Waals surface area (Å²) in [4.78, 5) is 30.1. The highest BCUT2D eigenvalue weighted by atomic mass is 79.9.